The summed E-state index contributed by atoms with van der Waals surface area (Å²) in [7, 11) is 0. The van der Waals surface area contributed by atoms with Crippen LogP contribution < -0.4 is 10.9 Å². The van der Waals surface area contributed by atoms with Gasteiger partial charge in [0.2, 0.25) is 0 Å². The molecule has 1 fully saturated rings. The number of carbonyl (C=O) groups excluding carboxylic acids is 1. The number of benzene rings is 1. The molecule has 35 heavy (non-hydrogen) atoms. The van der Waals surface area contributed by atoms with E-state index < -0.39 is 0 Å². The number of unbranched alkanes of at least 4 members (excludes halogenated alkanes) is 4. The van der Waals surface area contributed by atoms with Crippen molar-refractivity contribution in [3.8, 4) is 6.07 Å². The second-order valence-electron chi connectivity index (χ2n) is 8.51. The van der Waals surface area contributed by atoms with Gasteiger partial charge in [-0.15, -0.1) is 0 Å². The summed E-state index contributed by atoms with van der Waals surface area (Å²) in [5.41, 5.74) is 2.05. The van der Waals surface area contributed by atoms with Crippen LogP contribution in [-0.2, 0) is 17.9 Å². The van der Waals surface area contributed by atoms with Gasteiger partial charge in [0.15, 0.2) is 0 Å². The number of pyridine rings is 1. The van der Waals surface area contributed by atoms with Crippen LogP contribution in [0, 0.1) is 18.3 Å². The van der Waals surface area contributed by atoms with Crippen LogP contribution in [0.2, 0.25) is 0 Å². The minimum Gasteiger partial charge on any atom is -0.367 e. The molecule has 1 aromatic carbocycles. The van der Waals surface area contributed by atoms with Gasteiger partial charge in [-0.3, -0.25) is 19.1 Å². The highest BCUT2D eigenvalue weighted by atomic mass is 32.2. The molecule has 6 nitrogen and oxygen atoms in total. The van der Waals surface area contributed by atoms with E-state index in [-0.39, 0.29) is 17.0 Å². The maximum atomic E-state index is 13.2. The van der Waals surface area contributed by atoms with Crippen LogP contribution in [0.25, 0.3) is 6.08 Å². The summed E-state index contributed by atoms with van der Waals surface area (Å²) in [5, 5.41) is 13.1. The highest BCUT2D eigenvalue weighted by Crippen LogP contribution is 2.35. The van der Waals surface area contributed by atoms with E-state index in [4.69, 9.17) is 12.2 Å². The number of nitrogens with one attached hydrogen (secondary N) is 1. The van der Waals surface area contributed by atoms with Crippen LogP contribution in [0.5, 0.6) is 0 Å². The molecule has 0 unspecified atom stereocenters. The normalized spacial score (nSPS) is 14.6. The van der Waals surface area contributed by atoms with Crippen molar-refractivity contribution in [2.45, 2.75) is 66.0 Å². The number of rotatable bonds is 11. The highest BCUT2D eigenvalue weighted by Gasteiger charge is 2.32. The van der Waals surface area contributed by atoms with Crippen molar-refractivity contribution in [1.82, 2.24) is 9.47 Å². The van der Waals surface area contributed by atoms with Crippen molar-refractivity contribution in [3.63, 3.8) is 0 Å². The van der Waals surface area contributed by atoms with Crippen molar-refractivity contribution in [2.75, 3.05) is 11.9 Å². The van der Waals surface area contributed by atoms with Crippen molar-refractivity contribution >= 4 is 46.1 Å². The Morgan fingerprint density at radius 2 is 1.83 bits per heavy atom. The third-order valence-electron chi connectivity index (χ3n) is 6.13. The van der Waals surface area contributed by atoms with E-state index in [1.165, 1.54) is 24.6 Å². The van der Waals surface area contributed by atoms with Crippen LogP contribution in [0.15, 0.2) is 40.0 Å². The second-order valence-corrected chi connectivity index (χ2v) is 10.2. The van der Waals surface area contributed by atoms with Gasteiger partial charge in [0, 0.05) is 25.2 Å². The Balaban J connectivity index is 1.96. The lowest BCUT2D eigenvalue weighted by Crippen LogP contribution is -2.29. The molecular weight excluding hydrogens is 476 g/mol. The smallest absolute Gasteiger partial charge is 0.270 e. The summed E-state index contributed by atoms with van der Waals surface area (Å²) in [6.45, 7) is 7.32. The van der Waals surface area contributed by atoms with Crippen LogP contribution >= 0.6 is 24.0 Å². The number of anilines is 1. The summed E-state index contributed by atoms with van der Waals surface area (Å²) in [6.07, 6.45) is 7.31. The van der Waals surface area contributed by atoms with E-state index in [1.807, 2.05) is 37.3 Å². The van der Waals surface area contributed by atoms with Crippen molar-refractivity contribution in [3.05, 3.63) is 67.8 Å². The van der Waals surface area contributed by atoms with Crippen LogP contribution in [-0.4, -0.2) is 26.2 Å². The zero-order valence-electron chi connectivity index (χ0n) is 20.6. The predicted molar refractivity (Wildman–Crippen MR) is 148 cm³/mol. The molecule has 0 bridgehead atoms. The van der Waals surface area contributed by atoms with E-state index in [9.17, 15) is 14.9 Å². The Bertz CT molecular complexity index is 1210. The summed E-state index contributed by atoms with van der Waals surface area (Å²) in [4.78, 5) is 28.4. The zero-order valence-corrected chi connectivity index (χ0v) is 22.2. The number of amides is 1. The number of thioether (sulfide) groups is 1. The Kier molecular flexibility index (Phi) is 9.70. The van der Waals surface area contributed by atoms with Gasteiger partial charge in [0.05, 0.1) is 4.91 Å². The first-order chi connectivity index (χ1) is 16.9. The minimum atomic E-state index is -0.333. The molecule has 8 heteroatoms. The number of thiocarbonyl (C=S) groups is 1. The predicted octanol–water partition coefficient (Wildman–Crippen LogP) is 5.83. The molecule has 1 aliphatic rings. The first kappa shape index (κ1) is 26.7. The molecule has 3 rings (SSSR count). The molecule has 184 valence electrons. The van der Waals surface area contributed by atoms with E-state index in [0.717, 1.165) is 24.8 Å². The molecule has 0 spiro atoms. The fourth-order valence-corrected chi connectivity index (χ4v) is 5.42. The van der Waals surface area contributed by atoms with Gasteiger partial charge in [-0.1, -0.05) is 86.9 Å². The molecule has 1 amide bonds. The van der Waals surface area contributed by atoms with E-state index in [2.05, 4.69) is 18.3 Å². The summed E-state index contributed by atoms with van der Waals surface area (Å²) in [5.74, 6) is 0.486. The van der Waals surface area contributed by atoms with Gasteiger partial charge in [0.1, 0.15) is 21.8 Å². The fraction of sp³-hybridized carbons (Fsp3) is 0.407. The topological polar surface area (TPSA) is 78.1 Å². The molecule has 1 aliphatic heterocycles. The van der Waals surface area contributed by atoms with Crippen LogP contribution in [0.1, 0.15) is 68.2 Å². The third kappa shape index (κ3) is 6.22. The monoisotopic (exact) mass is 508 g/mol. The Morgan fingerprint density at radius 3 is 2.49 bits per heavy atom. The molecular formula is C27H32N4O2S2. The van der Waals surface area contributed by atoms with Crippen LogP contribution in [0.3, 0.4) is 0 Å². The lowest BCUT2D eigenvalue weighted by Gasteiger charge is -2.19. The Hall–Kier alpha value is -2.89. The number of aromatic nitrogens is 1. The molecule has 0 radical (unpaired) electrons. The number of hydrogen-bond acceptors (Lipinski definition) is 6. The number of carbonyl (C=O) groups is 1. The first-order valence-electron chi connectivity index (χ1n) is 12.1. The fourth-order valence-electron chi connectivity index (χ4n) is 4.13. The number of nitrogens with zero attached hydrogens (tertiary/aromatic N) is 3. The second kappa shape index (κ2) is 12.7. The molecule has 1 N–H and O–H groups in total. The van der Waals surface area contributed by atoms with Gasteiger partial charge < -0.3 is 5.32 Å². The average molecular weight is 509 g/mol. The van der Waals surface area contributed by atoms with E-state index in [0.29, 0.717) is 45.8 Å². The SMILES string of the molecule is CCCCCCCN1C(=O)/C(=C\c2c(C)c(C#N)c(=O)n(CC)c2NCc2ccccc2)SC1=S. The summed E-state index contributed by atoms with van der Waals surface area (Å²) < 4.78 is 2.12. The Labute approximate surface area is 217 Å². The van der Waals surface area contributed by atoms with Gasteiger partial charge >= 0.3 is 0 Å². The van der Waals surface area contributed by atoms with Gasteiger partial charge in [-0.25, -0.2) is 0 Å². The zero-order chi connectivity index (χ0) is 25.4. The Morgan fingerprint density at radius 1 is 1.11 bits per heavy atom. The number of hydrogen-bond donors (Lipinski definition) is 1. The van der Waals surface area contributed by atoms with Gasteiger partial charge in [-0.2, -0.15) is 5.26 Å². The van der Waals surface area contributed by atoms with Gasteiger partial charge in [0.25, 0.3) is 11.5 Å². The standard InChI is InChI=1S/C27H32N4O2S2/c1-4-6-7-8-12-15-31-26(33)23(35-27(31)34)16-21-19(3)22(17-28)25(32)30(5-2)24(21)29-18-20-13-10-9-11-14-20/h9-11,13-14,16,29H,4-8,12,15,18H2,1-3H3/b23-16+. The molecule has 2 heterocycles. The molecule has 0 saturated carbocycles. The molecule has 1 saturated heterocycles. The lowest BCUT2D eigenvalue weighted by atomic mass is 10.0. The van der Waals surface area contributed by atoms with Crippen molar-refractivity contribution < 1.29 is 4.79 Å². The summed E-state index contributed by atoms with van der Waals surface area (Å²) in [6, 6.07) is 11.9. The largest absolute Gasteiger partial charge is 0.367 e. The molecule has 1 aromatic heterocycles. The summed E-state index contributed by atoms with van der Waals surface area (Å²) >= 11 is 6.79. The highest BCUT2D eigenvalue weighted by molar-refractivity contribution is 8.26. The first-order valence-corrected chi connectivity index (χ1v) is 13.4. The lowest BCUT2D eigenvalue weighted by molar-refractivity contribution is -0.122. The number of nitriles is 1. The maximum absolute atomic E-state index is 13.2. The van der Waals surface area contributed by atoms with Crippen LogP contribution in [0.4, 0.5) is 5.82 Å². The van der Waals surface area contributed by atoms with Crippen molar-refractivity contribution in [1.29, 1.82) is 5.26 Å². The quantitative estimate of drug-likeness (QED) is 0.234. The maximum Gasteiger partial charge on any atom is 0.270 e. The molecule has 2 aromatic rings. The van der Waals surface area contributed by atoms with E-state index >= 15 is 0 Å². The van der Waals surface area contributed by atoms with Gasteiger partial charge in [-0.05, 0) is 37.5 Å². The average Bonchev–Trinajstić information content (AvgIpc) is 3.12. The van der Waals surface area contributed by atoms with Crippen molar-refractivity contribution in [2.24, 2.45) is 0 Å². The molecule has 0 atom stereocenters. The molecule has 0 aliphatic carbocycles. The minimum absolute atomic E-state index is 0.0924. The van der Waals surface area contributed by atoms with E-state index in [1.54, 1.807) is 22.5 Å². The third-order valence-corrected chi connectivity index (χ3v) is 7.51.